The van der Waals surface area contributed by atoms with E-state index in [2.05, 4.69) is 37.6 Å². The van der Waals surface area contributed by atoms with Crippen LogP contribution in [0, 0.1) is 5.41 Å². The van der Waals surface area contributed by atoms with Gasteiger partial charge in [0.1, 0.15) is 0 Å². The van der Waals surface area contributed by atoms with Gasteiger partial charge in [-0.15, -0.1) is 0 Å². The third kappa shape index (κ3) is 2.70. The van der Waals surface area contributed by atoms with Crippen LogP contribution in [-0.2, 0) is 0 Å². The van der Waals surface area contributed by atoms with Gasteiger partial charge in [-0.25, -0.2) is 0 Å². The van der Waals surface area contributed by atoms with E-state index in [9.17, 15) is 0 Å². The predicted molar refractivity (Wildman–Crippen MR) is 82.3 cm³/mol. The van der Waals surface area contributed by atoms with Crippen molar-refractivity contribution in [2.75, 3.05) is 33.2 Å². The highest BCUT2D eigenvalue weighted by molar-refractivity contribution is 5.04. The lowest BCUT2D eigenvalue weighted by Crippen LogP contribution is -2.58. The topological polar surface area (TPSA) is 32.5 Å². The van der Waals surface area contributed by atoms with Crippen molar-refractivity contribution in [3.63, 3.8) is 0 Å². The Balaban J connectivity index is 2.04. The molecular weight excluding hydrogens is 234 g/mol. The maximum absolute atomic E-state index is 6.19. The fourth-order valence-electron chi connectivity index (χ4n) is 4.31. The van der Waals surface area contributed by atoms with E-state index in [0.717, 1.165) is 13.1 Å². The molecule has 2 saturated heterocycles. The van der Waals surface area contributed by atoms with E-state index in [0.29, 0.717) is 11.5 Å². The van der Waals surface area contributed by atoms with Crippen LogP contribution in [0.15, 0.2) is 0 Å². The number of hydrogen-bond acceptors (Lipinski definition) is 3. The SMILES string of the molecule is CCC1(CC)CCN(C2(CN)CC(C)N(C)C2)CC1. The molecule has 19 heavy (non-hydrogen) atoms. The molecule has 0 aromatic heterocycles. The lowest BCUT2D eigenvalue weighted by atomic mass is 9.73. The molecule has 0 aromatic carbocycles. The van der Waals surface area contributed by atoms with Gasteiger partial charge in [-0.3, -0.25) is 4.90 Å². The van der Waals surface area contributed by atoms with Crippen LogP contribution in [0.3, 0.4) is 0 Å². The molecule has 2 heterocycles. The summed E-state index contributed by atoms with van der Waals surface area (Å²) in [6.45, 7) is 11.5. The van der Waals surface area contributed by atoms with Crippen molar-refractivity contribution in [1.29, 1.82) is 0 Å². The lowest BCUT2D eigenvalue weighted by molar-refractivity contribution is 0.0212. The van der Waals surface area contributed by atoms with Crippen molar-refractivity contribution in [2.45, 2.75) is 64.5 Å². The van der Waals surface area contributed by atoms with Crippen molar-refractivity contribution in [1.82, 2.24) is 9.80 Å². The molecule has 112 valence electrons. The van der Waals surface area contributed by atoms with E-state index in [1.165, 1.54) is 45.2 Å². The van der Waals surface area contributed by atoms with E-state index in [-0.39, 0.29) is 5.54 Å². The lowest BCUT2D eigenvalue weighted by Gasteiger charge is -2.48. The van der Waals surface area contributed by atoms with Crippen molar-refractivity contribution in [3.8, 4) is 0 Å². The zero-order valence-corrected chi connectivity index (χ0v) is 13.4. The van der Waals surface area contributed by atoms with Crippen molar-refractivity contribution >= 4 is 0 Å². The van der Waals surface area contributed by atoms with E-state index < -0.39 is 0 Å². The quantitative estimate of drug-likeness (QED) is 0.848. The van der Waals surface area contributed by atoms with Crippen LogP contribution in [0.2, 0.25) is 0 Å². The Morgan fingerprint density at radius 1 is 1.16 bits per heavy atom. The molecule has 2 aliphatic rings. The van der Waals surface area contributed by atoms with E-state index in [1.54, 1.807) is 0 Å². The Morgan fingerprint density at radius 3 is 2.11 bits per heavy atom. The van der Waals surface area contributed by atoms with Crippen LogP contribution in [0.1, 0.15) is 52.9 Å². The van der Waals surface area contributed by atoms with Crippen LogP contribution in [0.4, 0.5) is 0 Å². The summed E-state index contributed by atoms with van der Waals surface area (Å²) in [6.07, 6.45) is 6.64. The molecule has 2 unspecified atom stereocenters. The normalized spacial score (nSPS) is 36.8. The maximum Gasteiger partial charge on any atom is 0.0473 e. The fraction of sp³-hybridized carbons (Fsp3) is 1.00. The summed E-state index contributed by atoms with van der Waals surface area (Å²) in [5.41, 5.74) is 7.05. The number of likely N-dealkylation sites (tertiary alicyclic amines) is 2. The third-order valence-corrected chi connectivity index (χ3v) is 6.35. The van der Waals surface area contributed by atoms with Crippen molar-refractivity contribution < 1.29 is 0 Å². The molecule has 2 fully saturated rings. The summed E-state index contributed by atoms with van der Waals surface area (Å²) in [4.78, 5) is 5.20. The molecule has 0 spiro atoms. The second-order valence-corrected chi connectivity index (χ2v) is 7.09. The molecule has 2 rings (SSSR count). The molecule has 0 aromatic rings. The first-order chi connectivity index (χ1) is 9.01. The summed E-state index contributed by atoms with van der Waals surface area (Å²) in [6, 6.07) is 0.674. The molecule has 0 aliphatic carbocycles. The third-order valence-electron chi connectivity index (χ3n) is 6.35. The predicted octanol–water partition coefficient (Wildman–Crippen LogP) is 2.31. The van der Waals surface area contributed by atoms with Crippen LogP contribution in [-0.4, -0.2) is 54.6 Å². The van der Waals surface area contributed by atoms with Crippen molar-refractivity contribution in [3.05, 3.63) is 0 Å². The zero-order valence-electron chi connectivity index (χ0n) is 13.4. The first kappa shape index (κ1) is 15.3. The van der Waals surface area contributed by atoms with Gasteiger partial charge in [-0.05, 0) is 51.7 Å². The Kier molecular flexibility index (Phi) is 4.59. The minimum Gasteiger partial charge on any atom is -0.329 e. The molecule has 3 heteroatoms. The second-order valence-electron chi connectivity index (χ2n) is 7.09. The van der Waals surface area contributed by atoms with E-state index in [4.69, 9.17) is 5.73 Å². The second kappa shape index (κ2) is 5.71. The maximum atomic E-state index is 6.19. The molecular formula is C16H33N3. The largest absolute Gasteiger partial charge is 0.329 e. The molecule has 0 bridgehead atoms. The van der Waals surface area contributed by atoms with Gasteiger partial charge in [0.05, 0.1) is 0 Å². The highest BCUT2D eigenvalue weighted by Crippen LogP contribution is 2.41. The summed E-state index contributed by atoms with van der Waals surface area (Å²) in [5, 5.41) is 0. The minimum absolute atomic E-state index is 0.252. The standard InChI is InChI=1S/C16H33N3/c1-5-15(6-2)7-9-19(10-8-15)16(12-17)11-14(3)18(4)13-16/h14H,5-13,17H2,1-4H3. The minimum atomic E-state index is 0.252. The fourth-order valence-corrected chi connectivity index (χ4v) is 4.31. The molecule has 2 aliphatic heterocycles. The number of nitrogens with zero attached hydrogens (tertiary/aromatic N) is 2. The number of rotatable bonds is 4. The molecule has 2 N–H and O–H groups in total. The van der Waals surface area contributed by atoms with Crippen LogP contribution < -0.4 is 5.73 Å². The Morgan fingerprint density at radius 2 is 1.74 bits per heavy atom. The molecule has 2 atom stereocenters. The smallest absolute Gasteiger partial charge is 0.0473 e. The summed E-state index contributed by atoms with van der Waals surface area (Å²) < 4.78 is 0. The zero-order chi connectivity index (χ0) is 14.1. The molecule has 0 amide bonds. The molecule has 0 saturated carbocycles. The van der Waals surface area contributed by atoms with Gasteiger partial charge in [-0.1, -0.05) is 26.7 Å². The van der Waals surface area contributed by atoms with Gasteiger partial charge in [0.15, 0.2) is 0 Å². The summed E-state index contributed by atoms with van der Waals surface area (Å²) >= 11 is 0. The highest BCUT2D eigenvalue weighted by Gasteiger charge is 2.46. The van der Waals surface area contributed by atoms with Gasteiger partial charge in [0.2, 0.25) is 0 Å². The van der Waals surface area contributed by atoms with Gasteiger partial charge in [-0.2, -0.15) is 0 Å². The summed E-state index contributed by atoms with van der Waals surface area (Å²) in [5.74, 6) is 0. The van der Waals surface area contributed by atoms with E-state index in [1.807, 2.05) is 0 Å². The Labute approximate surface area is 119 Å². The van der Waals surface area contributed by atoms with Crippen molar-refractivity contribution in [2.24, 2.45) is 11.1 Å². The number of piperidine rings is 1. The Bertz CT molecular complexity index is 278. The Hall–Kier alpha value is -0.120. The number of hydrogen-bond donors (Lipinski definition) is 1. The first-order valence-corrected chi connectivity index (χ1v) is 8.16. The van der Waals surface area contributed by atoms with Crippen LogP contribution in [0.5, 0.6) is 0 Å². The van der Waals surface area contributed by atoms with Crippen LogP contribution >= 0.6 is 0 Å². The van der Waals surface area contributed by atoms with E-state index >= 15 is 0 Å². The average molecular weight is 267 g/mol. The van der Waals surface area contributed by atoms with Gasteiger partial charge < -0.3 is 10.6 Å². The highest BCUT2D eigenvalue weighted by atomic mass is 15.3. The van der Waals surface area contributed by atoms with Gasteiger partial charge >= 0.3 is 0 Å². The average Bonchev–Trinajstić information content (AvgIpc) is 2.75. The number of likely N-dealkylation sites (N-methyl/N-ethyl adjacent to an activating group) is 1. The first-order valence-electron chi connectivity index (χ1n) is 8.16. The summed E-state index contributed by atoms with van der Waals surface area (Å²) in [7, 11) is 2.24. The monoisotopic (exact) mass is 267 g/mol. The van der Waals surface area contributed by atoms with Gasteiger partial charge in [0.25, 0.3) is 0 Å². The molecule has 3 nitrogen and oxygen atoms in total. The molecule has 0 radical (unpaired) electrons. The van der Waals surface area contributed by atoms with Gasteiger partial charge in [0, 0.05) is 24.7 Å². The van der Waals surface area contributed by atoms with Crippen LogP contribution in [0.25, 0.3) is 0 Å². The number of nitrogens with two attached hydrogens (primary N) is 1.